The summed E-state index contributed by atoms with van der Waals surface area (Å²) in [7, 11) is 0. The Kier molecular flexibility index (Phi) is 4.90. The Morgan fingerprint density at radius 1 is 1.57 bits per heavy atom. The van der Waals surface area contributed by atoms with Gasteiger partial charge in [-0.15, -0.1) is 0 Å². The Balaban J connectivity index is 2.23. The Hall–Kier alpha value is -0.610. The van der Waals surface area contributed by atoms with Gasteiger partial charge in [0.25, 0.3) is 0 Å². The molecule has 0 aromatic heterocycles. The molecule has 82 valence electrons. The molecule has 3 N–H and O–H groups in total. The summed E-state index contributed by atoms with van der Waals surface area (Å²) < 4.78 is 5.36. The fourth-order valence-corrected chi connectivity index (χ4v) is 1.83. The molecule has 0 spiro atoms. The number of carbonyl (C=O) groups is 1. The third-order valence-corrected chi connectivity index (χ3v) is 2.48. The normalized spacial score (nSPS) is 25.4. The van der Waals surface area contributed by atoms with Crippen LogP contribution in [0.2, 0.25) is 0 Å². The predicted molar refractivity (Wildman–Crippen MR) is 54.9 cm³/mol. The van der Waals surface area contributed by atoms with Crippen molar-refractivity contribution in [3.63, 3.8) is 0 Å². The van der Waals surface area contributed by atoms with Crippen LogP contribution in [0, 0.1) is 0 Å². The van der Waals surface area contributed by atoms with Crippen LogP contribution in [0.1, 0.15) is 32.6 Å². The summed E-state index contributed by atoms with van der Waals surface area (Å²) in [4.78, 5) is 10.7. The summed E-state index contributed by atoms with van der Waals surface area (Å²) in [6.07, 6.45) is 3.67. The fraction of sp³-hybridized carbons (Fsp3) is 0.900. The van der Waals surface area contributed by atoms with Crippen molar-refractivity contribution < 1.29 is 9.53 Å². The zero-order valence-electron chi connectivity index (χ0n) is 8.79. The number of primary amides is 1. The van der Waals surface area contributed by atoms with Gasteiger partial charge in [0.2, 0.25) is 5.91 Å². The van der Waals surface area contributed by atoms with Crippen LogP contribution < -0.4 is 11.1 Å². The first-order valence-electron chi connectivity index (χ1n) is 5.30. The van der Waals surface area contributed by atoms with Gasteiger partial charge in [-0.1, -0.05) is 0 Å². The SMILES string of the molecule is CC(CC(N)=O)NC1CCCOCC1. The lowest BCUT2D eigenvalue weighted by Gasteiger charge is -2.20. The van der Waals surface area contributed by atoms with Crippen molar-refractivity contribution in [3.8, 4) is 0 Å². The van der Waals surface area contributed by atoms with Crippen LogP contribution in [0.25, 0.3) is 0 Å². The smallest absolute Gasteiger partial charge is 0.218 e. The second kappa shape index (κ2) is 5.98. The molecule has 1 aliphatic heterocycles. The highest BCUT2D eigenvalue weighted by atomic mass is 16.5. The van der Waals surface area contributed by atoms with Crippen molar-refractivity contribution in [2.75, 3.05) is 13.2 Å². The largest absolute Gasteiger partial charge is 0.381 e. The second-order valence-electron chi connectivity index (χ2n) is 3.98. The average Bonchev–Trinajstić information content (AvgIpc) is 2.31. The van der Waals surface area contributed by atoms with Gasteiger partial charge in [-0.3, -0.25) is 4.79 Å². The first-order valence-corrected chi connectivity index (χ1v) is 5.30. The third-order valence-electron chi connectivity index (χ3n) is 2.48. The van der Waals surface area contributed by atoms with Gasteiger partial charge in [0.05, 0.1) is 0 Å². The predicted octanol–water partition coefficient (Wildman–Crippen LogP) is 0.409. The highest BCUT2D eigenvalue weighted by Gasteiger charge is 2.15. The van der Waals surface area contributed by atoms with Crippen LogP contribution in [0.15, 0.2) is 0 Å². The van der Waals surface area contributed by atoms with E-state index in [2.05, 4.69) is 5.32 Å². The van der Waals surface area contributed by atoms with Crippen molar-refractivity contribution >= 4 is 5.91 Å². The van der Waals surface area contributed by atoms with Gasteiger partial charge in [0, 0.05) is 31.7 Å². The van der Waals surface area contributed by atoms with Gasteiger partial charge >= 0.3 is 0 Å². The third kappa shape index (κ3) is 4.58. The van der Waals surface area contributed by atoms with Crippen LogP contribution in [0.3, 0.4) is 0 Å². The summed E-state index contributed by atoms with van der Waals surface area (Å²) in [6, 6.07) is 0.655. The standard InChI is InChI=1S/C10H20N2O2/c1-8(7-10(11)13)12-9-3-2-5-14-6-4-9/h8-9,12H,2-7H2,1H3,(H2,11,13). The lowest BCUT2D eigenvalue weighted by molar-refractivity contribution is -0.118. The second-order valence-corrected chi connectivity index (χ2v) is 3.98. The molecule has 2 unspecified atom stereocenters. The van der Waals surface area contributed by atoms with E-state index in [1.54, 1.807) is 0 Å². The molecular weight excluding hydrogens is 180 g/mol. The summed E-state index contributed by atoms with van der Waals surface area (Å²) in [5.41, 5.74) is 5.13. The molecule has 1 fully saturated rings. The van der Waals surface area contributed by atoms with E-state index in [0.717, 1.165) is 32.5 Å². The first-order chi connectivity index (χ1) is 6.68. The van der Waals surface area contributed by atoms with E-state index in [4.69, 9.17) is 10.5 Å². The van der Waals surface area contributed by atoms with Crippen LogP contribution in [-0.4, -0.2) is 31.2 Å². The minimum Gasteiger partial charge on any atom is -0.381 e. The Morgan fingerprint density at radius 3 is 3.07 bits per heavy atom. The molecule has 2 atom stereocenters. The van der Waals surface area contributed by atoms with E-state index in [-0.39, 0.29) is 11.9 Å². The van der Waals surface area contributed by atoms with E-state index in [1.165, 1.54) is 0 Å². The molecule has 0 radical (unpaired) electrons. The first kappa shape index (κ1) is 11.5. The Bertz CT molecular complexity index is 177. The molecule has 1 aliphatic rings. The lowest BCUT2D eigenvalue weighted by atomic mass is 10.1. The van der Waals surface area contributed by atoms with Crippen LogP contribution >= 0.6 is 0 Å². The molecule has 14 heavy (non-hydrogen) atoms. The molecule has 1 saturated heterocycles. The summed E-state index contributed by atoms with van der Waals surface area (Å²) in [5, 5.41) is 3.41. The van der Waals surface area contributed by atoms with E-state index in [1.807, 2.05) is 6.92 Å². The fourth-order valence-electron chi connectivity index (χ4n) is 1.83. The number of amides is 1. The highest BCUT2D eigenvalue weighted by molar-refractivity contribution is 5.74. The Labute approximate surface area is 85.2 Å². The molecule has 4 heteroatoms. The zero-order valence-corrected chi connectivity index (χ0v) is 8.79. The van der Waals surface area contributed by atoms with E-state index in [9.17, 15) is 4.79 Å². The number of nitrogens with one attached hydrogen (secondary N) is 1. The minimum atomic E-state index is -0.241. The van der Waals surface area contributed by atoms with Gasteiger partial charge in [0.1, 0.15) is 0 Å². The number of ether oxygens (including phenoxy) is 1. The van der Waals surface area contributed by atoms with Gasteiger partial charge in [-0.2, -0.15) is 0 Å². The molecule has 4 nitrogen and oxygen atoms in total. The van der Waals surface area contributed by atoms with Gasteiger partial charge in [-0.25, -0.2) is 0 Å². The molecule has 0 aromatic rings. The topological polar surface area (TPSA) is 64.4 Å². The summed E-state index contributed by atoms with van der Waals surface area (Å²) in [6.45, 7) is 3.68. The Morgan fingerprint density at radius 2 is 2.36 bits per heavy atom. The highest BCUT2D eigenvalue weighted by Crippen LogP contribution is 2.09. The number of nitrogens with two attached hydrogens (primary N) is 1. The van der Waals surface area contributed by atoms with Crippen molar-refractivity contribution in [2.24, 2.45) is 5.73 Å². The average molecular weight is 200 g/mol. The number of hydrogen-bond donors (Lipinski definition) is 2. The molecule has 0 aliphatic carbocycles. The lowest BCUT2D eigenvalue weighted by Crippen LogP contribution is -2.39. The number of rotatable bonds is 4. The van der Waals surface area contributed by atoms with Gasteiger partial charge in [-0.05, 0) is 26.2 Å². The number of carbonyl (C=O) groups excluding carboxylic acids is 1. The molecule has 0 aromatic carbocycles. The molecule has 1 heterocycles. The van der Waals surface area contributed by atoms with Crippen molar-refractivity contribution in [1.29, 1.82) is 0 Å². The molecule has 0 saturated carbocycles. The van der Waals surface area contributed by atoms with Gasteiger partial charge in [0.15, 0.2) is 0 Å². The minimum absolute atomic E-state index is 0.176. The van der Waals surface area contributed by atoms with Crippen molar-refractivity contribution in [2.45, 2.75) is 44.7 Å². The summed E-state index contributed by atoms with van der Waals surface area (Å²) >= 11 is 0. The maximum atomic E-state index is 10.7. The van der Waals surface area contributed by atoms with Crippen LogP contribution in [0.5, 0.6) is 0 Å². The molecule has 0 bridgehead atoms. The quantitative estimate of drug-likeness (QED) is 0.691. The monoisotopic (exact) mass is 200 g/mol. The summed E-state index contributed by atoms with van der Waals surface area (Å²) in [5.74, 6) is -0.241. The van der Waals surface area contributed by atoms with Crippen molar-refractivity contribution in [3.05, 3.63) is 0 Å². The maximum Gasteiger partial charge on any atom is 0.218 e. The van der Waals surface area contributed by atoms with E-state index < -0.39 is 0 Å². The van der Waals surface area contributed by atoms with Crippen molar-refractivity contribution in [1.82, 2.24) is 5.32 Å². The van der Waals surface area contributed by atoms with E-state index >= 15 is 0 Å². The zero-order chi connectivity index (χ0) is 10.4. The van der Waals surface area contributed by atoms with Crippen LogP contribution in [-0.2, 0) is 9.53 Å². The van der Waals surface area contributed by atoms with E-state index in [0.29, 0.717) is 12.5 Å². The molecular formula is C10H20N2O2. The molecule has 1 rings (SSSR count). The molecule has 1 amide bonds. The maximum absolute atomic E-state index is 10.7. The van der Waals surface area contributed by atoms with Gasteiger partial charge < -0.3 is 15.8 Å². The number of hydrogen-bond acceptors (Lipinski definition) is 3. The van der Waals surface area contributed by atoms with Crippen LogP contribution in [0.4, 0.5) is 0 Å².